The van der Waals surface area contributed by atoms with Crippen molar-refractivity contribution >= 4 is 11.2 Å². The van der Waals surface area contributed by atoms with Gasteiger partial charge in [-0.2, -0.15) is 0 Å². The van der Waals surface area contributed by atoms with Crippen LogP contribution in [0.3, 0.4) is 0 Å². The Morgan fingerprint density at radius 3 is 1.80 bits per heavy atom. The third-order valence-corrected chi connectivity index (χ3v) is 2.48. The Labute approximate surface area is 66.0 Å². The van der Waals surface area contributed by atoms with E-state index in [0.717, 1.165) is 24.3 Å². The lowest BCUT2D eigenvalue weighted by Crippen LogP contribution is -2.09. The van der Waals surface area contributed by atoms with E-state index in [9.17, 15) is 4.55 Å². The van der Waals surface area contributed by atoms with Gasteiger partial charge in [-0.15, -0.1) is 13.2 Å². The fourth-order valence-electron chi connectivity index (χ4n) is 0.532. The normalized spacial score (nSPS) is 9.80. The Kier molecular flexibility index (Phi) is 6.76. The molecule has 0 aromatic carbocycles. The van der Waals surface area contributed by atoms with Crippen LogP contribution in [0.2, 0.25) is 0 Å². The van der Waals surface area contributed by atoms with Crippen molar-refractivity contribution in [2.24, 2.45) is 0 Å². The van der Waals surface area contributed by atoms with Crippen LogP contribution in [-0.2, 0) is 11.2 Å². The van der Waals surface area contributed by atoms with E-state index >= 15 is 0 Å². The van der Waals surface area contributed by atoms with Crippen molar-refractivity contribution in [2.45, 2.75) is 12.8 Å². The van der Waals surface area contributed by atoms with E-state index in [1.54, 1.807) is 12.2 Å². The van der Waals surface area contributed by atoms with Gasteiger partial charge < -0.3 is 4.55 Å². The van der Waals surface area contributed by atoms with E-state index in [0.29, 0.717) is 0 Å². The second-order valence-corrected chi connectivity index (χ2v) is 3.70. The maximum Gasteiger partial charge on any atom is 0.109 e. The molecule has 0 aromatic rings. The molecule has 0 unspecified atom stereocenters. The molecule has 0 spiro atoms. The first kappa shape index (κ1) is 9.79. The van der Waals surface area contributed by atoms with Gasteiger partial charge in [0.05, 0.1) is 0 Å². The predicted octanol–water partition coefficient (Wildman–Crippen LogP) is 1.89. The molecule has 0 aliphatic carbocycles. The topological polar surface area (TPSA) is 23.1 Å². The molecule has 2 heteroatoms. The van der Waals surface area contributed by atoms with E-state index in [2.05, 4.69) is 13.2 Å². The van der Waals surface area contributed by atoms with Crippen molar-refractivity contribution < 1.29 is 4.55 Å². The smallest absolute Gasteiger partial charge is 0.109 e. The van der Waals surface area contributed by atoms with Gasteiger partial charge >= 0.3 is 0 Å². The van der Waals surface area contributed by atoms with Crippen molar-refractivity contribution in [2.75, 3.05) is 11.5 Å². The van der Waals surface area contributed by atoms with Gasteiger partial charge in [0.1, 0.15) is 11.5 Å². The van der Waals surface area contributed by atoms with Crippen LogP contribution in [0.1, 0.15) is 12.8 Å². The maximum atomic E-state index is 11.0. The van der Waals surface area contributed by atoms with Crippen LogP contribution in [0.4, 0.5) is 0 Å². The summed E-state index contributed by atoms with van der Waals surface area (Å²) >= 11 is -0.662. The number of allylic oxidation sites excluding steroid dienone is 2. The van der Waals surface area contributed by atoms with Crippen molar-refractivity contribution in [3.63, 3.8) is 0 Å². The van der Waals surface area contributed by atoms with E-state index in [1.165, 1.54) is 0 Å². The molecule has 0 atom stereocenters. The zero-order valence-electron chi connectivity index (χ0n) is 6.21. The molecule has 0 fully saturated rings. The van der Waals surface area contributed by atoms with E-state index in [1.807, 2.05) is 0 Å². The molecule has 10 heavy (non-hydrogen) atoms. The lowest BCUT2D eigenvalue weighted by Gasteiger charge is -2.07. The lowest BCUT2D eigenvalue weighted by molar-refractivity contribution is 0.594. The van der Waals surface area contributed by atoms with Crippen LogP contribution < -0.4 is 0 Å². The second-order valence-electron chi connectivity index (χ2n) is 2.00. The minimum absolute atomic E-state index is 0.662. The van der Waals surface area contributed by atoms with Crippen LogP contribution in [0.5, 0.6) is 0 Å². The standard InChI is InChI=1S/C8H14OS/c1-3-5-7-10(9)8-6-4-2/h3-4H,1-2,5-8H2. The Balaban J connectivity index is 3.15. The molecule has 58 valence electrons. The van der Waals surface area contributed by atoms with Crippen molar-refractivity contribution in [3.05, 3.63) is 25.3 Å². The van der Waals surface area contributed by atoms with Gasteiger partial charge in [-0.25, -0.2) is 0 Å². The zero-order chi connectivity index (χ0) is 7.82. The molecule has 0 saturated heterocycles. The van der Waals surface area contributed by atoms with Crippen LogP contribution in [0.15, 0.2) is 25.3 Å². The van der Waals surface area contributed by atoms with Crippen molar-refractivity contribution in [1.82, 2.24) is 0 Å². The van der Waals surface area contributed by atoms with Gasteiger partial charge in [0.2, 0.25) is 0 Å². The SMILES string of the molecule is C=CCC[S+]([O-])CCC=C. The van der Waals surface area contributed by atoms with E-state index < -0.39 is 11.2 Å². The summed E-state index contributed by atoms with van der Waals surface area (Å²) in [4.78, 5) is 0. The molecular formula is C8H14OS. The van der Waals surface area contributed by atoms with Gasteiger partial charge in [-0.3, -0.25) is 0 Å². The Hall–Kier alpha value is -0.210. The number of hydrogen-bond donors (Lipinski definition) is 0. The monoisotopic (exact) mass is 158 g/mol. The molecule has 0 rings (SSSR count). The predicted molar refractivity (Wildman–Crippen MR) is 47.5 cm³/mol. The van der Waals surface area contributed by atoms with Gasteiger partial charge in [0.25, 0.3) is 0 Å². The third kappa shape index (κ3) is 5.92. The highest BCUT2D eigenvalue weighted by Crippen LogP contribution is 1.97. The quantitative estimate of drug-likeness (QED) is 0.427. The largest absolute Gasteiger partial charge is 0.616 e. The Morgan fingerprint density at radius 2 is 1.50 bits per heavy atom. The summed E-state index contributed by atoms with van der Waals surface area (Å²) in [5.74, 6) is 1.49. The molecule has 0 aromatic heterocycles. The summed E-state index contributed by atoms with van der Waals surface area (Å²) in [6.45, 7) is 7.12. The number of rotatable bonds is 6. The Bertz CT molecular complexity index is 89.4. The van der Waals surface area contributed by atoms with E-state index in [-0.39, 0.29) is 0 Å². The summed E-state index contributed by atoms with van der Waals surface area (Å²) in [5.41, 5.74) is 0. The van der Waals surface area contributed by atoms with Crippen LogP contribution in [0, 0.1) is 0 Å². The maximum absolute atomic E-state index is 11.0. The zero-order valence-corrected chi connectivity index (χ0v) is 7.03. The summed E-state index contributed by atoms with van der Waals surface area (Å²) in [6.07, 6.45) is 5.30. The molecule has 0 aliphatic rings. The van der Waals surface area contributed by atoms with Gasteiger partial charge in [-0.1, -0.05) is 23.3 Å². The molecule has 0 heterocycles. The fourth-order valence-corrected chi connectivity index (χ4v) is 1.59. The second kappa shape index (κ2) is 6.90. The lowest BCUT2D eigenvalue weighted by atomic mass is 10.5. The highest BCUT2D eigenvalue weighted by molar-refractivity contribution is 7.91. The summed E-state index contributed by atoms with van der Waals surface area (Å²) in [7, 11) is 0. The van der Waals surface area contributed by atoms with Crippen LogP contribution in [0.25, 0.3) is 0 Å². The first-order chi connectivity index (χ1) is 4.81. The minimum atomic E-state index is -0.662. The summed E-state index contributed by atoms with van der Waals surface area (Å²) < 4.78 is 11.0. The Morgan fingerprint density at radius 1 is 1.10 bits per heavy atom. The van der Waals surface area contributed by atoms with Gasteiger partial charge in [0, 0.05) is 12.8 Å². The summed E-state index contributed by atoms with van der Waals surface area (Å²) in [6, 6.07) is 0. The first-order valence-corrected chi connectivity index (χ1v) is 4.87. The highest BCUT2D eigenvalue weighted by atomic mass is 32.2. The van der Waals surface area contributed by atoms with Crippen molar-refractivity contribution in [1.29, 1.82) is 0 Å². The highest BCUT2D eigenvalue weighted by Gasteiger charge is 2.00. The van der Waals surface area contributed by atoms with Gasteiger partial charge in [0.15, 0.2) is 0 Å². The average Bonchev–Trinajstić information content (AvgIpc) is 1.97. The molecule has 0 radical (unpaired) electrons. The molecule has 0 bridgehead atoms. The summed E-state index contributed by atoms with van der Waals surface area (Å²) in [5, 5.41) is 0. The van der Waals surface area contributed by atoms with E-state index in [4.69, 9.17) is 0 Å². The molecule has 0 amide bonds. The van der Waals surface area contributed by atoms with Crippen LogP contribution >= 0.6 is 0 Å². The molecule has 1 nitrogen and oxygen atoms in total. The molecule has 0 aliphatic heterocycles. The number of hydrogen-bond acceptors (Lipinski definition) is 1. The van der Waals surface area contributed by atoms with Crippen molar-refractivity contribution in [3.8, 4) is 0 Å². The fraction of sp³-hybridized carbons (Fsp3) is 0.500. The first-order valence-electron chi connectivity index (χ1n) is 3.38. The van der Waals surface area contributed by atoms with Crippen LogP contribution in [-0.4, -0.2) is 16.1 Å². The molecular weight excluding hydrogens is 144 g/mol. The minimum Gasteiger partial charge on any atom is -0.616 e. The molecule has 0 N–H and O–H groups in total. The average molecular weight is 158 g/mol. The third-order valence-electron chi connectivity index (χ3n) is 1.10. The molecule has 0 saturated carbocycles. The van der Waals surface area contributed by atoms with Gasteiger partial charge in [-0.05, 0) is 0 Å².